The minimum Gasteiger partial charge on any atom is -0.405 e. The normalized spacial score (nSPS) is 22.1. The number of fused-ring (bicyclic) bond motifs is 1. The van der Waals surface area contributed by atoms with Gasteiger partial charge in [-0.3, -0.25) is 0 Å². The molecule has 1 unspecified atom stereocenters. The lowest BCUT2D eigenvalue weighted by molar-refractivity contribution is 0.199. The van der Waals surface area contributed by atoms with Gasteiger partial charge in [-0.05, 0) is 29.3 Å². The van der Waals surface area contributed by atoms with Gasteiger partial charge >= 0.3 is 0 Å². The molecular weight excluding hydrogens is 212 g/mol. The van der Waals surface area contributed by atoms with E-state index in [4.69, 9.17) is 4.43 Å². The SMILES string of the molecule is CCCC1O[Si](CC)(CC)c2ccccc21. The molecule has 0 radical (unpaired) electrons. The zero-order valence-electron chi connectivity index (χ0n) is 10.6. The Bertz CT molecular complexity index is 358. The van der Waals surface area contributed by atoms with Crippen LogP contribution < -0.4 is 5.19 Å². The molecule has 1 aromatic carbocycles. The van der Waals surface area contributed by atoms with E-state index in [1.165, 1.54) is 30.5 Å². The van der Waals surface area contributed by atoms with E-state index in [0.717, 1.165) is 0 Å². The number of rotatable bonds is 4. The summed E-state index contributed by atoms with van der Waals surface area (Å²) < 4.78 is 6.50. The Morgan fingerprint density at radius 1 is 1.12 bits per heavy atom. The zero-order chi connectivity index (χ0) is 11.6. The van der Waals surface area contributed by atoms with Crippen LogP contribution >= 0.6 is 0 Å². The minimum atomic E-state index is -1.60. The summed E-state index contributed by atoms with van der Waals surface area (Å²) in [5, 5.41) is 1.57. The topological polar surface area (TPSA) is 9.23 Å². The van der Waals surface area contributed by atoms with Gasteiger partial charge in [-0.1, -0.05) is 51.5 Å². The average Bonchev–Trinajstić information content (AvgIpc) is 2.65. The van der Waals surface area contributed by atoms with Crippen molar-refractivity contribution in [3.05, 3.63) is 29.8 Å². The fraction of sp³-hybridized carbons (Fsp3) is 0.571. The van der Waals surface area contributed by atoms with Crippen LogP contribution in [0.3, 0.4) is 0 Å². The first-order chi connectivity index (χ1) is 7.77. The van der Waals surface area contributed by atoms with Crippen LogP contribution in [0.5, 0.6) is 0 Å². The molecular formula is C14H22OSi. The largest absolute Gasteiger partial charge is 0.405 e. The maximum atomic E-state index is 6.50. The summed E-state index contributed by atoms with van der Waals surface area (Å²) in [5.41, 5.74) is 1.49. The Balaban J connectivity index is 2.42. The summed E-state index contributed by atoms with van der Waals surface area (Å²) in [6.07, 6.45) is 2.76. The summed E-state index contributed by atoms with van der Waals surface area (Å²) in [4.78, 5) is 0. The summed E-state index contributed by atoms with van der Waals surface area (Å²) in [7, 11) is -1.60. The van der Waals surface area contributed by atoms with E-state index in [-0.39, 0.29) is 0 Å². The van der Waals surface area contributed by atoms with E-state index < -0.39 is 8.32 Å². The molecule has 88 valence electrons. The molecule has 1 aliphatic heterocycles. The highest BCUT2D eigenvalue weighted by Gasteiger charge is 2.44. The van der Waals surface area contributed by atoms with Crippen LogP contribution in [0.15, 0.2) is 24.3 Å². The Kier molecular flexibility index (Phi) is 3.50. The van der Waals surface area contributed by atoms with Crippen molar-refractivity contribution in [1.82, 2.24) is 0 Å². The van der Waals surface area contributed by atoms with Gasteiger partial charge in [0.15, 0.2) is 0 Å². The molecule has 1 nitrogen and oxygen atoms in total. The molecule has 0 bridgehead atoms. The van der Waals surface area contributed by atoms with Gasteiger partial charge in [-0.2, -0.15) is 0 Å². The first-order valence-corrected chi connectivity index (χ1v) is 8.86. The Morgan fingerprint density at radius 2 is 1.81 bits per heavy atom. The monoisotopic (exact) mass is 234 g/mol. The van der Waals surface area contributed by atoms with Crippen LogP contribution in [0.4, 0.5) is 0 Å². The highest BCUT2D eigenvalue weighted by molar-refractivity contribution is 6.87. The molecule has 16 heavy (non-hydrogen) atoms. The molecule has 0 fully saturated rings. The third-order valence-corrected chi connectivity index (χ3v) is 8.32. The van der Waals surface area contributed by atoms with Gasteiger partial charge in [0, 0.05) is 0 Å². The molecule has 0 spiro atoms. The molecule has 0 saturated heterocycles. The van der Waals surface area contributed by atoms with Crippen LogP contribution in [0.1, 0.15) is 45.3 Å². The van der Waals surface area contributed by atoms with Gasteiger partial charge in [0.1, 0.15) is 0 Å². The van der Waals surface area contributed by atoms with Crippen molar-refractivity contribution in [2.45, 2.75) is 51.8 Å². The zero-order valence-corrected chi connectivity index (χ0v) is 11.6. The van der Waals surface area contributed by atoms with Crippen molar-refractivity contribution in [2.24, 2.45) is 0 Å². The van der Waals surface area contributed by atoms with Gasteiger partial charge in [0.2, 0.25) is 8.32 Å². The van der Waals surface area contributed by atoms with Crippen LogP contribution in [-0.2, 0) is 4.43 Å². The second kappa shape index (κ2) is 4.72. The van der Waals surface area contributed by atoms with Crippen LogP contribution in [0.2, 0.25) is 12.1 Å². The van der Waals surface area contributed by atoms with Crippen molar-refractivity contribution < 1.29 is 4.43 Å². The number of hydrogen-bond donors (Lipinski definition) is 0. The molecule has 0 saturated carbocycles. The molecule has 2 rings (SSSR count). The lowest BCUT2D eigenvalue weighted by Crippen LogP contribution is -2.45. The predicted octanol–water partition coefficient (Wildman–Crippen LogP) is 3.75. The van der Waals surface area contributed by atoms with E-state index in [1.807, 2.05) is 0 Å². The standard InChI is InChI=1S/C14H22OSi/c1-4-9-13-12-10-7-8-11-14(12)16(5-2,6-3)15-13/h7-8,10-11,13H,4-6,9H2,1-3H3. The first kappa shape index (κ1) is 11.9. The Labute approximate surface area is 100.0 Å². The van der Waals surface area contributed by atoms with Gasteiger partial charge in [0.05, 0.1) is 6.10 Å². The fourth-order valence-electron chi connectivity index (χ4n) is 2.87. The molecule has 0 aliphatic carbocycles. The number of hydrogen-bond acceptors (Lipinski definition) is 1. The van der Waals surface area contributed by atoms with Crippen LogP contribution in [0, 0.1) is 0 Å². The summed E-state index contributed by atoms with van der Waals surface area (Å²) >= 11 is 0. The predicted molar refractivity (Wildman–Crippen MR) is 71.5 cm³/mol. The molecule has 0 aromatic heterocycles. The third-order valence-electron chi connectivity index (χ3n) is 3.86. The van der Waals surface area contributed by atoms with Crippen LogP contribution in [0.25, 0.3) is 0 Å². The molecule has 2 heteroatoms. The second-order valence-electron chi connectivity index (χ2n) is 4.68. The van der Waals surface area contributed by atoms with E-state index in [9.17, 15) is 0 Å². The maximum Gasteiger partial charge on any atom is 0.224 e. The smallest absolute Gasteiger partial charge is 0.224 e. The fourth-order valence-corrected chi connectivity index (χ4v) is 6.55. The van der Waals surface area contributed by atoms with Gasteiger partial charge in [-0.15, -0.1) is 0 Å². The summed E-state index contributed by atoms with van der Waals surface area (Å²) in [6, 6.07) is 11.3. The Morgan fingerprint density at radius 3 is 2.44 bits per heavy atom. The molecule has 1 aliphatic rings. The van der Waals surface area contributed by atoms with E-state index >= 15 is 0 Å². The molecule has 1 aromatic rings. The average molecular weight is 234 g/mol. The summed E-state index contributed by atoms with van der Waals surface area (Å²) in [6.45, 7) is 6.83. The van der Waals surface area contributed by atoms with E-state index in [0.29, 0.717) is 6.10 Å². The minimum absolute atomic E-state index is 0.382. The van der Waals surface area contributed by atoms with Crippen molar-refractivity contribution in [2.75, 3.05) is 0 Å². The third kappa shape index (κ3) is 1.74. The van der Waals surface area contributed by atoms with Gasteiger partial charge < -0.3 is 4.43 Å². The maximum absolute atomic E-state index is 6.50. The quantitative estimate of drug-likeness (QED) is 0.721. The second-order valence-corrected chi connectivity index (χ2v) is 8.86. The highest BCUT2D eigenvalue weighted by Crippen LogP contribution is 2.36. The van der Waals surface area contributed by atoms with E-state index in [2.05, 4.69) is 45.0 Å². The van der Waals surface area contributed by atoms with Crippen LogP contribution in [-0.4, -0.2) is 8.32 Å². The van der Waals surface area contributed by atoms with Crippen molar-refractivity contribution in [3.8, 4) is 0 Å². The molecule has 1 heterocycles. The van der Waals surface area contributed by atoms with Crippen molar-refractivity contribution >= 4 is 13.5 Å². The molecule has 0 N–H and O–H groups in total. The van der Waals surface area contributed by atoms with Crippen molar-refractivity contribution in [3.63, 3.8) is 0 Å². The molecule has 1 atom stereocenters. The Hall–Kier alpha value is -0.603. The summed E-state index contributed by atoms with van der Waals surface area (Å²) in [5.74, 6) is 0. The molecule has 0 amide bonds. The van der Waals surface area contributed by atoms with E-state index in [1.54, 1.807) is 5.19 Å². The van der Waals surface area contributed by atoms with Gasteiger partial charge in [-0.25, -0.2) is 0 Å². The lowest BCUT2D eigenvalue weighted by Gasteiger charge is -2.25. The lowest BCUT2D eigenvalue weighted by atomic mass is 10.1. The highest BCUT2D eigenvalue weighted by atomic mass is 28.4. The number of benzene rings is 1. The van der Waals surface area contributed by atoms with Gasteiger partial charge in [0.25, 0.3) is 0 Å². The first-order valence-electron chi connectivity index (χ1n) is 6.54. The van der Waals surface area contributed by atoms with Crippen molar-refractivity contribution in [1.29, 1.82) is 0 Å².